The van der Waals surface area contributed by atoms with Crippen LogP contribution >= 0.6 is 11.8 Å². The lowest BCUT2D eigenvalue weighted by Gasteiger charge is -2.24. The van der Waals surface area contributed by atoms with Crippen LogP contribution in [0.4, 0.5) is 0 Å². The lowest BCUT2D eigenvalue weighted by Crippen LogP contribution is -2.41. The predicted molar refractivity (Wildman–Crippen MR) is 37.7 cm³/mol. The monoisotopic (exact) mass is 162 g/mol. The number of hydrogen-bond donors (Lipinski definition) is 1. The van der Waals surface area contributed by atoms with E-state index in [9.17, 15) is 5.11 Å². The van der Waals surface area contributed by atoms with Gasteiger partial charge in [0.2, 0.25) is 5.79 Å². The van der Waals surface area contributed by atoms with Crippen molar-refractivity contribution in [2.45, 2.75) is 23.7 Å². The molecule has 10 heavy (non-hydrogen) atoms. The summed E-state index contributed by atoms with van der Waals surface area (Å²) < 4.78 is 10.3. The first-order valence-electron chi connectivity index (χ1n) is 3.29. The zero-order valence-electron chi connectivity index (χ0n) is 5.74. The standard InChI is InChI=1S/C6H10O3S/c1-8-4-2-5-9-6(4,7)3-10-5/h4-5,7H,2-3H2,1H3. The maximum absolute atomic E-state index is 9.63. The van der Waals surface area contributed by atoms with Crippen molar-refractivity contribution in [1.29, 1.82) is 0 Å². The highest BCUT2D eigenvalue weighted by molar-refractivity contribution is 8.00. The Balaban J connectivity index is 2.14. The van der Waals surface area contributed by atoms with Gasteiger partial charge in [0.1, 0.15) is 11.5 Å². The summed E-state index contributed by atoms with van der Waals surface area (Å²) in [6, 6.07) is 0. The summed E-state index contributed by atoms with van der Waals surface area (Å²) in [7, 11) is 1.61. The van der Waals surface area contributed by atoms with Gasteiger partial charge >= 0.3 is 0 Å². The molecule has 0 aliphatic carbocycles. The molecule has 1 N–H and O–H groups in total. The van der Waals surface area contributed by atoms with Crippen LogP contribution in [0.25, 0.3) is 0 Å². The Bertz CT molecular complexity index is 152. The Labute approximate surface area is 63.7 Å². The lowest BCUT2D eigenvalue weighted by molar-refractivity contribution is -0.198. The van der Waals surface area contributed by atoms with E-state index >= 15 is 0 Å². The molecule has 3 atom stereocenters. The molecular formula is C6H10O3S. The molecule has 3 nitrogen and oxygen atoms in total. The highest BCUT2D eigenvalue weighted by atomic mass is 32.2. The van der Waals surface area contributed by atoms with Gasteiger partial charge in [-0.2, -0.15) is 0 Å². The van der Waals surface area contributed by atoms with Crippen LogP contribution in [0.2, 0.25) is 0 Å². The Morgan fingerprint density at radius 1 is 1.80 bits per heavy atom. The van der Waals surface area contributed by atoms with Gasteiger partial charge in [-0.3, -0.25) is 0 Å². The van der Waals surface area contributed by atoms with Crippen molar-refractivity contribution >= 4 is 11.8 Å². The van der Waals surface area contributed by atoms with Crippen LogP contribution in [0.5, 0.6) is 0 Å². The van der Waals surface area contributed by atoms with E-state index in [-0.39, 0.29) is 11.5 Å². The average molecular weight is 162 g/mol. The van der Waals surface area contributed by atoms with Gasteiger partial charge in [0.25, 0.3) is 0 Å². The number of hydrogen-bond acceptors (Lipinski definition) is 4. The van der Waals surface area contributed by atoms with Gasteiger partial charge < -0.3 is 14.6 Å². The predicted octanol–water partition coefficient (Wildman–Crippen LogP) is 0.183. The minimum absolute atomic E-state index is 0.112. The van der Waals surface area contributed by atoms with E-state index in [0.29, 0.717) is 5.75 Å². The van der Waals surface area contributed by atoms with Gasteiger partial charge in [0.05, 0.1) is 5.75 Å². The second-order valence-electron chi connectivity index (χ2n) is 2.66. The van der Waals surface area contributed by atoms with Gasteiger partial charge in [0.15, 0.2) is 0 Å². The minimum atomic E-state index is -0.982. The molecule has 2 heterocycles. The highest BCUT2D eigenvalue weighted by Crippen LogP contribution is 2.45. The Kier molecular flexibility index (Phi) is 1.46. The molecule has 0 aromatic carbocycles. The van der Waals surface area contributed by atoms with Crippen molar-refractivity contribution in [1.82, 2.24) is 0 Å². The van der Waals surface area contributed by atoms with Crippen LogP contribution in [-0.4, -0.2) is 35.3 Å². The number of fused-ring (bicyclic) bond motifs is 2. The van der Waals surface area contributed by atoms with Crippen molar-refractivity contribution < 1.29 is 14.6 Å². The smallest absolute Gasteiger partial charge is 0.202 e. The highest BCUT2D eigenvalue weighted by Gasteiger charge is 2.53. The Morgan fingerprint density at radius 3 is 2.90 bits per heavy atom. The minimum Gasteiger partial charge on any atom is -0.376 e. The summed E-state index contributed by atoms with van der Waals surface area (Å²) in [4.78, 5) is 0. The number of ether oxygens (including phenoxy) is 2. The molecule has 0 spiro atoms. The van der Waals surface area contributed by atoms with E-state index in [0.717, 1.165) is 6.42 Å². The Morgan fingerprint density at radius 2 is 2.60 bits per heavy atom. The van der Waals surface area contributed by atoms with Crippen molar-refractivity contribution in [3.63, 3.8) is 0 Å². The summed E-state index contributed by atoms with van der Waals surface area (Å²) >= 11 is 1.66. The van der Waals surface area contributed by atoms with Crippen molar-refractivity contribution in [2.75, 3.05) is 12.9 Å². The van der Waals surface area contributed by atoms with E-state index in [2.05, 4.69) is 0 Å². The molecular weight excluding hydrogens is 152 g/mol. The SMILES string of the molecule is COC1CC2OC1(O)CS2. The summed E-state index contributed by atoms with van der Waals surface area (Å²) in [6.45, 7) is 0. The molecule has 0 amide bonds. The lowest BCUT2D eigenvalue weighted by atomic mass is 10.1. The van der Waals surface area contributed by atoms with E-state index in [4.69, 9.17) is 9.47 Å². The van der Waals surface area contributed by atoms with Gasteiger partial charge in [-0.25, -0.2) is 0 Å². The molecule has 0 aromatic rings. The third-order valence-corrected chi connectivity index (χ3v) is 3.25. The third-order valence-electron chi connectivity index (χ3n) is 2.01. The molecule has 58 valence electrons. The van der Waals surface area contributed by atoms with Gasteiger partial charge in [-0.15, -0.1) is 11.8 Å². The van der Waals surface area contributed by atoms with Gasteiger partial charge in [-0.1, -0.05) is 0 Å². The number of methoxy groups -OCH3 is 1. The molecule has 3 unspecified atom stereocenters. The summed E-state index contributed by atoms with van der Waals surface area (Å²) in [5.41, 5.74) is 0.162. The molecule has 2 fully saturated rings. The molecule has 2 rings (SSSR count). The van der Waals surface area contributed by atoms with Gasteiger partial charge in [-0.05, 0) is 0 Å². The largest absolute Gasteiger partial charge is 0.376 e. The zero-order valence-corrected chi connectivity index (χ0v) is 6.56. The molecule has 2 aliphatic rings. The molecule has 0 radical (unpaired) electrons. The van der Waals surface area contributed by atoms with Crippen LogP contribution in [0.15, 0.2) is 0 Å². The van der Waals surface area contributed by atoms with Crippen LogP contribution in [0.3, 0.4) is 0 Å². The Hall–Kier alpha value is 0.230. The molecule has 0 saturated carbocycles. The zero-order chi connectivity index (χ0) is 7.19. The molecule has 0 aromatic heterocycles. The topological polar surface area (TPSA) is 38.7 Å². The molecule has 2 bridgehead atoms. The first-order chi connectivity index (χ1) is 4.74. The van der Waals surface area contributed by atoms with Crippen molar-refractivity contribution in [3.8, 4) is 0 Å². The molecule has 4 heteroatoms. The van der Waals surface area contributed by atoms with Crippen LogP contribution in [0, 0.1) is 0 Å². The maximum Gasteiger partial charge on any atom is 0.202 e. The van der Waals surface area contributed by atoms with Crippen molar-refractivity contribution in [2.24, 2.45) is 0 Å². The van der Waals surface area contributed by atoms with Crippen molar-refractivity contribution in [3.05, 3.63) is 0 Å². The molecule has 2 saturated heterocycles. The average Bonchev–Trinajstić information content (AvgIpc) is 2.41. The number of rotatable bonds is 1. The van der Waals surface area contributed by atoms with E-state index in [1.165, 1.54) is 0 Å². The fraction of sp³-hybridized carbons (Fsp3) is 1.00. The maximum atomic E-state index is 9.63. The van der Waals surface area contributed by atoms with E-state index < -0.39 is 5.79 Å². The number of aliphatic hydroxyl groups is 1. The normalized spacial score (nSPS) is 52.2. The second kappa shape index (κ2) is 2.11. The van der Waals surface area contributed by atoms with Gasteiger partial charge in [0, 0.05) is 13.5 Å². The van der Waals surface area contributed by atoms with Crippen LogP contribution < -0.4 is 0 Å². The summed E-state index contributed by atoms with van der Waals surface area (Å²) in [6.07, 6.45) is 0.705. The molecule has 2 aliphatic heterocycles. The quantitative estimate of drug-likeness (QED) is 0.597. The van der Waals surface area contributed by atoms with E-state index in [1.807, 2.05) is 0 Å². The fourth-order valence-corrected chi connectivity index (χ4v) is 2.66. The van der Waals surface area contributed by atoms with E-state index in [1.54, 1.807) is 18.9 Å². The first-order valence-corrected chi connectivity index (χ1v) is 4.34. The van der Waals surface area contributed by atoms with Crippen LogP contribution in [0.1, 0.15) is 6.42 Å². The summed E-state index contributed by atoms with van der Waals surface area (Å²) in [5.74, 6) is -0.333. The third kappa shape index (κ3) is 0.797. The fourth-order valence-electron chi connectivity index (χ4n) is 1.43. The number of thioether (sulfide) groups is 1. The van der Waals surface area contributed by atoms with Crippen LogP contribution in [-0.2, 0) is 9.47 Å². The second-order valence-corrected chi connectivity index (χ2v) is 3.81. The summed E-state index contributed by atoms with van der Waals surface area (Å²) in [5, 5.41) is 9.63. The first kappa shape index (κ1) is 6.91.